The lowest BCUT2D eigenvalue weighted by molar-refractivity contribution is -0.141. The largest absolute Gasteiger partial charge is 0.382 e. The Morgan fingerprint density at radius 2 is 2.08 bits per heavy atom. The molecule has 1 fully saturated rings. The van der Waals surface area contributed by atoms with E-state index in [1.807, 2.05) is 0 Å². The van der Waals surface area contributed by atoms with Crippen molar-refractivity contribution in [3.05, 3.63) is 0 Å². The first kappa shape index (κ1) is 7.14. The SMILES string of the molecule is [2H]COC[C@H]1OC(O)[C@H](OC[2H])[C@H]1OC[2H]. The Bertz CT molecular complexity index is 197. The first-order valence-corrected chi connectivity index (χ1v) is 3.76. The van der Waals surface area contributed by atoms with Crippen LogP contribution in [0, 0.1) is 0 Å². The summed E-state index contributed by atoms with van der Waals surface area (Å²) < 4.78 is 40.8. The van der Waals surface area contributed by atoms with E-state index in [0.29, 0.717) is 0 Å². The van der Waals surface area contributed by atoms with Gasteiger partial charge in [-0.1, -0.05) is 0 Å². The highest BCUT2D eigenvalue weighted by Gasteiger charge is 2.44. The molecule has 5 heteroatoms. The highest BCUT2D eigenvalue weighted by atomic mass is 16.7. The molecule has 0 bridgehead atoms. The van der Waals surface area contributed by atoms with Gasteiger partial charge >= 0.3 is 0 Å². The molecular weight excluding hydrogens is 176 g/mol. The zero-order valence-electron chi connectivity index (χ0n) is 10.2. The van der Waals surface area contributed by atoms with Gasteiger partial charge in [-0.05, 0) is 0 Å². The van der Waals surface area contributed by atoms with Crippen LogP contribution < -0.4 is 0 Å². The van der Waals surface area contributed by atoms with Gasteiger partial charge in [-0.25, -0.2) is 0 Å². The number of aliphatic hydroxyl groups excluding tert-OH is 1. The summed E-state index contributed by atoms with van der Waals surface area (Å²) in [5, 5.41) is 9.51. The Hall–Kier alpha value is -0.200. The zero-order valence-corrected chi connectivity index (χ0v) is 7.22. The minimum atomic E-state index is -1.19. The predicted octanol–water partition coefficient (Wildman–Crippen LogP) is -0.620. The van der Waals surface area contributed by atoms with Crippen LogP contribution in [0.1, 0.15) is 4.11 Å². The molecule has 1 saturated heterocycles. The van der Waals surface area contributed by atoms with Gasteiger partial charge in [0, 0.05) is 21.3 Å². The van der Waals surface area contributed by atoms with Crippen LogP contribution in [-0.4, -0.2) is 57.6 Å². The van der Waals surface area contributed by atoms with Crippen molar-refractivity contribution in [3.8, 4) is 0 Å². The summed E-state index contributed by atoms with van der Waals surface area (Å²) in [4.78, 5) is 0. The van der Waals surface area contributed by atoms with Crippen molar-refractivity contribution >= 4 is 0 Å². The van der Waals surface area contributed by atoms with Crippen LogP contribution in [0.25, 0.3) is 0 Å². The third kappa shape index (κ3) is 2.18. The van der Waals surface area contributed by atoms with Gasteiger partial charge in [-0.2, -0.15) is 0 Å². The summed E-state index contributed by atoms with van der Waals surface area (Å²) in [6.45, 7) is 0.0864. The van der Waals surface area contributed by atoms with Crippen molar-refractivity contribution < 1.29 is 28.2 Å². The lowest BCUT2D eigenvalue weighted by Gasteiger charge is -2.19. The molecule has 1 aliphatic rings. The van der Waals surface area contributed by atoms with Gasteiger partial charge in [0.1, 0.15) is 18.3 Å². The van der Waals surface area contributed by atoms with Crippen LogP contribution in [0.4, 0.5) is 0 Å². The Morgan fingerprint density at radius 3 is 2.77 bits per heavy atom. The van der Waals surface area contributed by atoms with Crippen molar-refractivity contribution in [2.45, 2.75) is 24.6 Å². The van der Waals surface area contributed by atoms with E-state index in [1.165, 1.54) is 0 Å². The lowest BCUT2D eigenvalue weighted by atomic mass is 10.1. The van der Waals surface area contributed by atoms with E-state index in [9.17, 15) is 5.11 Å². The molecule has 0 saturated carbocycles. The van der Waals surface area contributed by atoms with E-state index in [-0.39, 0.29) is 27.9 Å². The maximum Gasteiger partial charge on any atom is 0.184 e. The first-order chi connectivity index (χ1) is 7.74. The van der Waals surface area contributed by atoms with E-state index >= 15 is 0 Å². The van der Waals surface area contributed by atoms with Crippen LogP contribution in [0.3, 0.4) is 0 Å². The molecule has 1 N–H and O–H groups in total. The molecule has 13 heavy (non-hydrogen) atoms. The van der Waals surface area contributed by atoms with E-state index in [4.69, 9.17) is 23.1 Å². The summed E-state index contributed by atoms with van der Waals surface area (Å²) in [7, 11) is -0.835. The van der Waals surface area contributed by atoms with Crippen molar-refractivity contribution in [3.63, 3.8) is 0 Å². The van der Waals surface area contributed by atoms with E-state index in [0.717, 1.165) is 0 Å². The maximum absolute atomic E-state index is 9.51. The van der Waals surface area contributed by atoms with Crippen molar-refractivity contribution in [1.29, 1.82) is 0 Å². The molecule has 0 radical (unpaired) electrons. The fourth-order valence-corrected chi connectivity index (χ4v) is 1.34. The van der Waals surface area contributed by atoms with Crippen LogP contribution in [0.2, 0.25) is 0 Å². The predicted molar refractivity (Wildman–Crippen MR) is 44.3 cm³/mol. The number of hydrogen-bond donors (Lipinski definition) is 1. The van der Waals surface area contributed by atoms with Gasteiger partial charge in [-0.3, -0.25) is 0 Å². The minimum absolute atomic E-state index is 0.0864. The molecule has 0 spiro atoms. The molecular formula is C8H16O5. The highest BCUT2D eigenvalue weighted by molar-refractivity contribution is 4.88. The second-order valence-electron chi connectivity index (χ2n) is 2.70. The third-order valence-electron chi connectivity index (χ3n) is 1.95. The quantitative estimate of drug-likeness (QED) is 0.648. The molecule has 0 aliphatic carbocycles. The Morgan fingerprint density at radius 1 is 1.31 bits per heavy atom. The fourth-order valence-electron chi connectivity index (χ4n) is 1.34. The highest BCUT2D eigenvalue weighted by Crippen LogP contribution is 2.24. The van der Waals surface area contributed by atoms with Gasteiger partial charge in [0.2, 0.25) is 0 Å². The van der Waals surface area contributed by atoms with Gasteiger partial charge in [0.25, 0.3) is 0 Å². The van der Waals surface area contributed by atoms with Crippen LogP contribution >= 0.6 is 0 Å². The Balaban J connectivity index is 2.56. The van der Waals surface area contributed by atoms with Crippen LogP contribution in [-0.2, 0) is 18.9 Å². The molecule has 1 aliphatic heterocycles. The van der Waals surface area contributed by atoms with Crippen molar-refractivity contribution in [1.82, 2.24) is 0 Å². The number of aliphatic hydroxyl groups is 1. The lowest BCUT2D eigenvalue weighted by Crippen LogP contribution is -2.37. The number of hydrogen-bond acceptors (Lipinski definition) is 5. The summed E-state index contributed by atoms with van der Waals surface area (Å²) in [5.41, 5.74) is 0. The third-order valence-corrected chi connectivity index (χ3v) is 1.95. The monoisotopic (exact) mass is 195 g/mol. The van der Waals surface area contributed by atoms with E-state index in [2.05, 4.69) is 0 Å². The molecule has 1 rings (SSSR count). The summed E-state index contributed by atoms with van der Waals surface area (Å²) in [6, 6.07) is 0. The van der Waals surface area contributed by atoms with Crippen molar-refractivity contribution in [2.75, 3.05) is 27.9 Å². The molecule has 0 aromatic heterocycles. The Labute approximate surface area is 81.8 Å². The van der Waals surface area contributed by atoms with Crippen LogP contribution in [0.5, 0.6) is 0 Å². The number of rotatable bonds is 4. The molecule has 0 aromatic carbocycles. The molecule has 5 nitrogen and oxygen atoms in total. The maximum atomic E-state index is 9.51. The zero-order chi connectivity index (χ0) is 12.0. The van der Waals surface area contributed by atoms with E-state index < -0.39 is 24.6 Å². The summed E-state index contributed by atoms with van der Waals surface area (Å²) in [5.74, 6) is 0. The van der Waals surface area contributed by atoms with E-state index in [1.54, 1.807) is 0 Å². The molecule has 78 valence electrons. The second kappa shape index (κ2) is 4.88. The van der Waals surface area contributed by atoms with Gasteiger partial charge in [-0.15, -0.1) is 0 Å². The average Bonchev–Trinajstić information content (AvgIpc) is 2.55. The molecule has 0 aromatic rings. The Kier molecular flexibility index (Phi) is 2.68. The summed E-state index contributed by atoms with van der Waals surface area (Å²) >= 11 is 0. The summed E-state index contributed by atoms with van der Waals surface area (Å²) in [6.07, 6.45) is -3.21. The fraction of sp³-hybridized carbons (Fsp3) is 1.00. The molecule has 4 atom stereocenters. The molecule has 0 amide bonds. The number of ether oxygens (including phenoxy) is 4. The number of methoxy groups -OCH3 is 3. The van der Waals surface area contributed by atoms with Gasteiger partial charge in [0.05, 0.1) is 10.7 Å². The molecule has 1 unspecified atom stereocenters. The van der Waals surface area contributed by atoms with Gasteiger partial charge in [0.15, 0.2) is 6.29 Å². The van der Waals surface area contributed by atoms with Crippen molar-refractivity contribution in [2.24, 2.45) is 0 Å². The van der Waals surface area contributed by atoms with Crippen LogP contribution in [0.15, 0.2) is 0 Å². The molecule has 1 heterocycles. The first-order valence-electron chi connectivity index (χ1n) is 5.89. The topological polar surface area (TPSA) is 57.2 Å². The normalized spacial score (nSPS) is 42.7. The average molecular weight is 195 g/mol. The standard InChI is InChI=1S/C8H16O5/c1-10-4-5-6(11-2)7(12-3)8(9)13-5/h5-9H,4H2,1-3H3/t5-,6+,7-,8?/m1/s1/i1D,2D,3D. The smallest absolute Gasteiger partial charge is 0.184 e. The minimum Gasteiger partial charge on any atom is -0.382 e. The second-order valence-corrected chi connectivity index (χ2v) is 2.70. The van der Waals surface area contributed by atoms with Gasteiger partial charge < -0.3 is 24.1 Å².